The predicted octanol–water partition coefficient (Wildman–Crippen LogP) is 4.53. The molecule has 1 aliphatic rings. The molecule has 10 heteroatoms. The maximum atomic E-state index is 12.8. The Bertz CT molecular complexity index is 1080. The number of aromatic nitrogens is 4. The van der Waals surface area contributed by atoms with Gasteiger partial charge in [0.1, 0.15) is 12.1 Å². The molecule has 0 unspecified atom stereocenters. The van der Waals surface area contributed by atoms with Gasteiger partial charge in [0, 0.05) is 38.1 Å². The molecule has 2 aromatic heterocycles. The van der Waals surface area contributed by atoms with Gasteiger partial charge in [-0.3, -0.25) is 9.36 Å². The van der Waals surface area contributed by atoms with Gasteiger partial charge in [0.05, 0.1) is 15.8 Å². The summed E-state index contributed by atoms with van der Waals surface area (Å²) in [5.41, 5.74) is 2.26. The first kappa shape index (κ1) is 22.9. The third-order valence-electron chi connectivity index (χ3n) is 5.40. The summed E-state index contributed by atoms with van der Waals surface area (Å²) in [6.07, 6.45) is 3.27. The predicted molar refractivity (Wildman–Crippen MR) is 129 cm³/mol. The van der Waals surface area contributed by atoms with Crippen LogP contribution in [0.25, 0.3) is 5.69 Å². The first-order valence-electron chi connectivity index (χ1n) is 10.4. The van der Waals surface area contributed by atoms with Gasteiger partial charge in [0.2, 0.25) is 5.91 Å². The zero-order valence-electron chi connectivity index (χ0n) is 17.9. The summed E-state index contributed by atoms with van der Waals surface area (Å²) in [7, 11) is 0. The monoisotopic (exact) mass is 490 g/mol. The van der Waals surface area contributed by atoms with Gasteiger partial charge in [0.15, 0.2) is 5.16 Å². The number of halogens is 2. The van der Waals surface area contributed by atoms with Crippen LogP contribution in [0.2, 0.25) is 10.0 Å². The molecule has 1 aliphatic heterocycles. The van der Waals surface area contributed by atoms with Crippen LogP contribution < -0.4 is 4.90 Å². The second-order valence-corrected chi connectivity index (χ2v) is 9.63. The summed E-state index contributed by atoms with van der Waals surface area (Å²) in [5, 5.41) is 9.97. The van der Waals surface area contributed by atoms with Crippen molar-refractivity contribution < 1.29 is 4.79 Å². The molecule has 0 aliphatic carbocycles. The number of thioether (sulfide) groups is 1. The third-order valence-corrected chi connectivity index (χ3v) is 6.81. The van der Waals surface area contributed by atoms with Crippen molar-refractivity contribution in [1.29, 1.82) is 0 Å². The van der Waals surface area contributed by atoms with Gasteiger partial charge in [-0.15, -0.1) is 10.2 Å². The average Bonchev–Trinajstić information content (AvgIpc) is 3.26. The molecule has 1 amide bonds. The fraction of sp³-hybridized carbons (Fsp3) is 0.364. The number of carbonyl (C=O) groups excluding carboxylic acids is 1. The molecule has 0 atom stereocenters. The first-order chi connectivity index (χ1) is 15.4. The molecule has 168 valence electrons. The average molecular weight is 491 g/mol. The molecule has 4 rings (SSSR count). The minimum Gasteiger partial charge on any atom is -0.352 e. The number of pyridine rings is 1. The van der Waals surface area contributed by atoms with Gasteiger partial charge in [0.25, 0.3) is 0 Å². The highest BCUT2D eigenvalue weighted by Gasteiger charge is 2.24. The molecular formula is C22H24Cl2N6OS. The molecule has 3 heterocycles. The molecule has 0 spiro atoms. The maximum absolute atomic E-state index is 12.8. The van der Waals surface area contributed by atoms with Crippen LogP contribution in [0.15, 0.2) is 48.0 Å². The number of benzene rings is 1. The zero-order chi connectivity index (χ0) is 22.7. The summed E-state index contributed by atoms with van der Waals surface area (Å²) in [5.74, 6) is 1.56. The van der Waals surface area contributed by atoms with Crippen molar-refractivity contribution in [3.63, 3.8) is 0 Å². The number of nitrogens with zero attached hydrogens (tertiary/aromatic N) is 6. The Balaban J connectivity index is 1.33. The van der Waals surface area contributed by atoms with E-state index in [0.717, 1.165) is 5.69 Å². The maximum Gasteiger partial charge on any atom is 0.233 e. The van der Waals surface area contributed by atoms with Crippen LogP contribution in [0.3, 0.4) is 0 Å². The Hall–Kier alpha value is -2.29. The Labute approximate surface area is 201 Å². The lowest BCUT2D eigenvalue weighted by Crippen LogP contribution is -2.49. The lowest BCUT2D eigenvalue weighted by atomic mass is 10.0. The van der Waals surface area contributed by atoms with Crippen molar-refractivity contribution in [2.24, 2.45) is 0 Å². The second-order valence-electron chi connectivity index (χ2n) is 7.85. The summed E-state index contributed by atoms with van der Waals surface area (Å²) >= 11 is 13.6. The Morgan fingerprint density at radius 2 is 1.84 bits per heavy atom. The summed E-state index contributed by atoms with van der Waals surface area (Å²) < 4.78 is 1.91. The molecule has 1 aromatic carbocycles. The van der Waals surface area contributed by atoms with Crippen molar-refractivity contribution in [3.8, 4) is 5.69 Å². The van der Waals surface area contributed by atoms with Crippen molar-refractivity contribution >= 4 is 46.7 Å². The molecule has 0 bridgehead atoms. The lowest BCUT2D eigenvalue weighted by Gasteiger charge is -2.35. The molecule has 1 fully saturated rings. The number of piperazine rings is 1. The minimum atomic E-state index is 0.0783. The van der Waals surface area contributed by atoms with Crippen molar-refractivity contribution in [2.45, 2.75) is 24.9 Å². The molecular weight excluding hydrogens is 467 g/mol. The number of anilines is 1. The SMILES string of the molecule is CC(C)c1ccc(-n2cnnc2SCC(=O)N2CCN(c3ncc(Cl)cc3Cl)CC2)cc1. The Morgan fingerprint density at radius 3 is 2.50 bits per heavy atom. The van der Waals surface area contributed by atoms with E-state index in [1.54, 1.807) is 18.6 Å². The minimum absolute atomic E-state index is 0.0783. The second kappa shape index (κ2) is 10.1. The normalized spacial score (nSPS) is 14.3. The fourth-order valence-corrected chi connectivity index (χ4v) is 4.88. The largest absolute Gasteiger partial charge is 0.352 e. The van der Waals surface area contributed by atoms with E-state index in [-0.39, 0.29) is 5.91 Å². The number of amides is 1. The van der Waals surface area contributed by atoms with E-state index < -0.39 is 0 Å². The quantitative estimate of drug-likeness (QED) is 0.472. The first-order valence-corrected chi connectivity index (χ1v) is 12.1. The van der Waals surface area contributed by atoms with Crippen LogP contribution >= 0.6 is 35.0 Å². The number of carbonyl (C=O) groups is 1. The van der Waals surface area contributed by atoms with Crippen LogP contribution in [0, 0.1) is 0 Å². The van der Waals surface area contributed by atoms with Gasteiger partial charge < -0.3 is 9.80 Å². The Morgan fingerprint density at radius 1 is 1.12 bits per heavy atom. The topological polar surface area (TPSA) is 67.2 Å². The summed E-state index contributed by atoms with van der Waals surface area (Å²) in [6.45, 7) is 6.90. The van der Waals surface area contributed by atoms with E-state index in [9.17, 15) is 4.79 Å². The van der Waals surface area contributed by atoms with E-state index in [2.05, 4.69) is 58.2 Å². The van der Waals surface area contributed by atoms with Gasteiger partial charge in [-0.2, -0.15) is 0 Å². The van der Waals surface area contributed by atoms with Gasteiger partial charge in [-0.1, -0.05) is 60.9 Å². The van der Waals surface area contributed by atoms with E-state index in [4.69, 9.17) is 23.2 Å². The summed E-state index contributed by atoms with van der Waals surface area (Å²) in [4.78, 5) is 21.1. The van der Waals surface area contributed by atoms with Gasteiger partial charge in [-0.25, -0.2) is 4.98 Å². The van der Waals surface area contributed by atoms with Crippen LogP contribution in [0.4, 0.5) is 5.82 Å². The van der Waals surface area contributed by atoms with Crippen LogP contribution in [-0.4, -0.2) is 62.5 Å². The number of hydrogen-bond donors (Lipinski definition) is 0. The van der Waals surface area contributed by atoms with Crippen LogP contribution in [0.5, 0.6) is 0 Å². The molecule has 1 saturated heterocycles. The fourth-order valence-electron chi connectivity index (χ4n) is 3.55. The molecule has 7 nitrogen and oxygen atoms in total. The highest BCUT2D eigenvalue weighted by molar-refractivity contribution is 7.99. The van der Waals surface area contributed by atoms with Crippen molar-refractivity contribution in [3.05, 3.63) is 58.5 Å². The molecule has 3 aromatic rings. The Kier molecular flexibility index (Phi) is 7.23. The lowest BCUT2D eigenvalue weighted by molar-refractivity contribution is -0.128. The van der Waals surface area contributed by atoms with E-state index in [1.807, 2.05) is 9.47 Å². The van der Waals surface area contributed by atoms with Gasteiger partial charge in [-0.05, 0) is 29.7 Å². The van der Waals surface area contributed by atoms with Crippen LogP contribution in [-0.2, 0) is 4.79 Å². The van der Waals surface area contributed by atoms with Gasteiger partial charge >= 0.3 is 0 Å². The van der Waals surface area contributed by atoms with E-state index in [0.29, 0.717) is 58.9 Å². The van der Waals surface area contributed by atoms with E-state index in [1.165, 1.54) is 17.3 Å². The number of rotatable bonds is 6. The highest BCUT2D eigenvalue weighted by Crippen LogP contribution is 2.27. The zero-order valence-corrected chi connectivity index (χ0v) is 20.2. The molecule has 0 radical (unpaired) electrons. The standard InChI is InChI=1S/C22H24Cl2N6OS/c1-15(2)16-3-5-18(6-4-16)30-14-26-27-22(30)32-13-20(31)28-7-9-29(10-8-28)21-19(24)11-17(23)12-25-21/h3-6,11-12,14-15H,7-10,13H2,1-2H3. The summed E-state index contributed by atoms with van der Waals surface area (Å²) in [6, 6.07) is 10.0. The van der Waals surface area contributed by atoms with E-state index >= 15 is 0 Å². The third kappa shape index (κ3) is 5.19. The van der Waals surface area contributed by atoms with Crippen molar-refractivity contribution in [1.82, 2.24) is 24.6 Å². The molecule has 0 N–H and O–H groups in total. The molecule has 32 heavy (non-hydrogen) atoms. The van der Waals surface area contributed by atoms with Crippen molar-refractivity contribution in [2.75, 3.05) is 36.8 Å². The molecule has 0 saturated carbocycles. The number of hydrogen-bond acceptors (Lipinski definition) is 6. The smallest absolute Gasteiger partial charge is 0.233 e. The van der Waals surface area contributed by atoms with Crippen LogP contribution in [0.1, 0.15) is 25.3 Å². The highest BCUT2D eigenvalue weighted by atomic mass is 35.5.